The van der Waals surface area contributed by atoms with Crippen LogP contribution in [0.5, 0.6) is 5.75 Å². The summed E-state index contributed by atoms with van der Waals surface area (Å²) in [6, 6.07) is 12.4. The second kappa shape index (κ2) is 8.11. The first-order valence-electron chi connectivity index (χ1n) is 6.74. The molecule has 0 saturated carbocycles. The van der Waals surface area contributed by atoms with Crippen molar-refractivity contribution >= 4 is 17.5 Å². The number of rotatable bonds is 7. The first-order chi connectivity index (χ1) is 10.7. The zero-order chi connectivity index (χ0) is 15.8. The minimum absolute atomic E-state index is 0.103. The lowest BCUT2D eigenvalue weighted by Gasteiger charge is -2.20. The predicted octanol–water partition coefficient (Wildman–Crippen LogP) is 3.25. The second-order valence-electron chi connectivity index (χ2n) is 4.55. The largest absolute Gasteiger partial charge is 0.484 e. The predicted molar refractivity (Wildman–Crippen MR) is 81.3 cm³/mol. The van der Waals surface area contributed by atoms with Crippen molar-refractivity contribution in [2.75, 3.05) is 13.2 Å². The van der Waals surface area contributed by atoms with Crippen molar-refractivity contribution < 1.29 is 13.9 Å². The van der Waals surface area contributed by atoms with E-state index in [0.717, 1.165) is 0 Å². The van der Waals surface area contributed by atoms with Gasteiger partial charge in [-0.1, -0.05) is 11.6 Å². The quantitative estimate of drug-likeness (QED) is 0.786. The van der Waals surface area contributed by atoms with E-state index in [2.05, 4.69) is 0 Å². The molecule has 0 saturated heterocycles. The molecule has 0 atom stereocenters. The number of ether oxygens (including phenoxy) is 1. The number of nitrogens with zero attached hydrogens (tertiary/aromatic N) is 2. The van der Waals surface area contributed by atoms with Crippen molar-refractivity contribution in [3.05, 3.63) is 53.4 Å². The summed E-state index contributed by atoms with van der Waals surface area (Å²) in [6.45, 7) is 0.547. The third-order valence-electron chi connectivity index (χ3n) is 2.95. The Kier molecular flexibility index (Phi) is 5.87. The van der Waals surface area contributed by atoms with Gasteiger partial charge in [0.25, 0.3) is 5.91 Å². The number of carbonyl (C=O) groups excluding carboxylic acids is 1. The van der Waals surface area contributed by atoms with Gasteiger partial charge in [0, 0.05) is 11.6 Å². The van der Waals surface area contributed by atoms with Gasteiger partial charge in [-0.15, -0.1) is 0 Å². The molecule has 22 heavy (non-hydrogen) atoms. The van der Waals surface area contributed by atoms with Crippen LogP contribution < -0.4 is 4.74 Å². The van der Waals surface area contributed by atoms with Gasteiger partial charge in [0.05, 0.1) is 25.3 Å². The van der Waals surface area contributed by atoms with Crippen LogP contribution in [0.25, 0.3) is 0 Å². The number of amides is 1. The molecule has 0 aliphatic carbocycles. The van der Waals surface area contributed by atoms with E-state index in [1.165, 1.54) is 4.90 Å². The van der Waals surface area contributed by atoms with Crippen LogP contribution in [0.3, 0.4) is 0 Å². The van der Waals surface area contributed by atoms with Gasteiger partial charge >= 0.3 is 0 Å². The maximum absolute atomic E-state index is 12.2. The van der Waals surface area contributed by atoms with E-state index in [9.17, 15) is 4.79 Å². The maximum atomic E-state index is 12.2. The van der Waals surface area contributed by atoms with Crippen LogP contribution in [0.1, 0.15) is 12.2 Å². The molecule has 0 aliphatic heterocycles. The van der Waals surface area contributed by atoms with Gasteiger partial charge in [0.15, 0.2) is 6.61 Å². The monoisotopic (exact) mass is 318 g/mol. The van der Waals surface area contributed by atoms with Crippen LogP contribution in [-0.4, -0.2) is 24.0 Å². The highest BCUT2D eigenvalue weighted by molar-refractivity contribution is 6.30. The Bertz CT molecular complexity index is 632. The van der Waals surface area contributed by atoms with Gasteiger partial charge in [-0.2, -0.15) is 5.26 Å². The number of carbonyl (C=O) groups is 1. The molecular weight excluding hydrogens is 304 g/mol. The molecule has 0 radical (unpaired) electrons. The fourth-order valence-electron chi connectivity index (χ4n) is 1.83. The topological polar surface area (TPSA) is 66.5 Å². The summed E-state index contributed by atoms with van der Waals surface area (Å²) in [4.78, 5) is 13.8. The Labute approximate surface area is 133 Å². The van der Waals surface area contributed by atoms with Crippen LogP contribution in [-0.2, 0) is 11.3 Å². The van der Waals surface area contributed by atoms with Gasteiger partial charge in [0.1, 0.15) is 11.5 Å². The molecule has 2 aromatic rings. The lowest BCUT2D eigenvalue weighted by Crippen LogP contribution is -2.35. The number of halogens is 1. The summed E-state index contributed by atoms with van der Waals surface area (Å²) in [7, 11) is 0. The fourth-order valence-corrected chi connectivity index (χ4v) is 1.96. The Balaban J connectivity index is 1.92. The Morgan fingerprint density at radius 2 is 2.09 bits per heavy atom. The summed E-state index contributed by atoms with van der Waals surface area (Å²) in [5.41, 5.74) is 0. The molecule has 114 valence electrons. The number of hydrogen-bond acceptors (Lipinski definition) is 4. The Morgan fingerprint density at radius 3 is 2.73 bits per heavy atom. The molecule has 2 rings (SSSR count). The van der Waals surface area contributed by atoms with Crippen LogP contribution in [0, 0.1) is 11.3 Å². The molecule has 0 unspecified atom stereocenters. The molecule has 1 heterocycles. The highest BCUT2D eigenvalue weighted by atomic mass is 35.5. The van der Waals surface area contributed by atoms with E-state index >= 15 is 0 Å². The molecule has 1 aromatic heterocycles. The van der Waals surface area contributed by atoms with Gasteiger partial charge in [-0.25, -0.2) is 0 Å². The molecule has 0 bridgehead atoms. The molecule has 0 spiro atoms. The number of nitriles is 1. The van der Waals surface area contributed by atoms with Crippen molar-refractivity contribution in [3.63, 3.8) is 0 Å². The maximum Gasteiger partial charge on any atom is 0.260 e. The number of benzene rings is 1. The van der Waals surface area contributed by atoms with Crippen molar-refractivity contribution in [3.8, 4) is 11.8 Å². The molecule has 5 nitrogen and oxygen atoms in total. The standard InChI is InChI=1S/C16H15ClN2O3/c17-13-4-6-14(7-5-13)22-12-16(20)19(9-2-8-18)11-15-3-1-10-21-15/h1,3-7,10H,2,9,11-12H2. The highest BCUT2D eigenvalue weighted by Crippen LogP contribution is 2.15. The number of furan rings is 1. The number of hydrogen-bond donors (Lipinski definition) is 0. The molecule has 0 fully saturated rings. The second-order valence-corrected chi connectivity index (χ2v) is 4.98. The van der Waals surface area contributed by atoms with E-state index in [1.54, 1.807) is 42.7 Å². The Morgan fingerprint density at radius 1 is 1.32 bits per heavy atom. The van der Waals surface area contributed by atoms with Crippen molar-refractivity contribution in [2.45, 2.75) is 13.0 Å². The summed E-state index contributed by atoms with van der Waals surface area (Å²) in [6.07, 6.45) is 1.81. The highest BCUT2D eigenvalue weighted by Gasteiger charge is 2.15. The van der Waals surface area contributed by atoms with E-state index < -0.39 is 0 Å². The summed E-state index contributed by atoms with van der Waals surface area (Å²) in [5, 5.41) is 9.31. The average molecular weight is 319 g/mol. The summed E-state index contributed by atoms with van der Waals surface area (Å²) >= 11 is 5.79. The molecular formula is C16H15ClN2O3. The van der Waals surface area contributed by atoms with Crippen LogP contribution >= 0.6 is 11.6 Å². The molecule has 0 N–H and O–H groups in total. The van der Waals surface area contributed by atoms with E-state index in [-0.39, 0.29) is 18.9 Å². The Hall–Kier alpha value is -2.45. The van der Waals surface area contributed by atoms with E-state index in [1.807, 2.05) is 6.07 Å². The fraction of sp³-hybridized carbons (Fsp3) is 0.250. The molecule has 1 aromatic carbocycles. The summed E-state index contributed by atoms with van der Waals surface area (Å²) < 4.78 is 10.7. The first kappa shape index (κ1) is 15.9. The van der Waals surface area contributed by atoms with E-state index in [4.69, 9.17) is 26.0 Å². The zero-order valence-corrected chi connectivity index (χ0v) is 12.6. The molecule has 0 aliphatic rings. The smallest absolute Gasteiger partial charge is 0.260 e. The first-order valence-corrected chi connectivity index (χ1v) is 7.12. The minimum Gasteiger partial charge on any atom is -0.484 e. The minimum atomic E-state index is -0.207. The van der Waals surface area contributed by atoms with Gasteiger partial charge < -0.3 is 14.1 Å². The third-order valence-corrected chi connectivity index (χ3v) is 3.20. The SMILES string of the molecule is N#CCCN(Cc1ccco1)C(=O)COc1ccc(Cl)cc1. The average Bonchev–Trinajstić information content (AvgIpc) is 3.03. The summed E-state index contributed by atoms with van der Waals surface area (Å²) in [5.74, 6) is 1.02. The van der Waals surface area contributed by atoms with Gasteiger partial charge in [0.2, 0.25) is 0 Å². The molecule has 1 amide bonds. The third kappa shape index (κ3) is 4.83. The van der Waals surface area contributed by atoms with Crippen LogP contribution in [0.4, 0.5) is 0 Å². The van der Waals surface area contributed by atoms with Crippen molar-refractivity contribution in [1.29, 1.82) is 5.26 Å². The molecule has 6 heteroatoms. The van der Waals surface area contributed by atoms with Gasteiger partial charge in [-0.05, 0) is 36.4 Å². The van der Waals surface area contributed by atoms with E-state index in [0.29, 0.717) is 29.6 Å². The van der Waals surface area contributed by atoms with Crippen molar-refractivity contribution in [1.82, 2.24) is 4.90 Å². The lowest BCUT2D eigenvalue weighted by molar-refractivity contribution is -0.134. The normalized spacial score (nSPS) is 10.0. The lowest BCUT2D eigenvalue weighted by atomic mass is 10.3. The van der Waals surface area contributed by atoms with Gasteiger partial charge in [-0.3, -0.25) is 4.79 Å². The zero-order valence-electron chi connectivity index (χ0n) is 11.9. The van der Waals surface area contributed by atoms with Crippen molar-refractivity contribution in [2.24, 2.45) is 0 Å². The van der Waals surface area contributed by atoms with Crippen LogP contribution in [0.15, 0.2) is 47.1 Å². The van der Waals surface area contributed by atoms with Crippen LogP contribution in [0.2, 0.25) is 5.02 Å².